The molecule has 3 rings (SSSR count). The summed E-state index contributed by atoms with van der Waals surface area (Å²) in [6.45, 7) is 5.76. The Morgan fingerprint density at radius 2 is 1.84 bits per heavy atom. The molecule has 0 spiro atoms. The minimum Gasteiger partial charge on any atom is -0.493 e. The van der Waals surface area contributed by atoms with Gasteiger partial charge in [0.15, 0.2) is 11.4 Å². The third-order valence-electron chi connectivity index (χ3n) is 4.68. The van der Waals surface area contributed by atoms with Crippen molar-refractivity contribution in [1.29, 1.82) is 0 Å². The van der Waals surface area contributed by atoms with Crippen LogP contribution >= 0.6 is 11.3 Å². The fraction of sp³-hybridized carbons (Fsp3) is 0.273. The SMILES string of the molecule is CC(C)(C)c1ccc(Cn2c(-c3cccs3)nc(O)c(C(=O)NCC(=O)O)c2=O)cc1. The van der Waals surface area contributed by atoms with Crippen LogP contribution in [0.5, 0.6) is 5.88 Å². The zero-order valence-corrected chi connectivity index (χ0v) is 18.2. The maximum absolute atomic E-state index is 13.2. The summed E-state index contributed by atoms with van der Waals surface area (Å²) in [5.74, 6) is -2.77. The van der Waals surface area contributed by atoms with Gasteiger partial charge in [0.1, 0.15) is 6.54 Å². The molecule has 3 N–H and O–H groups in total. The summed E-state index contributed by atoms with van der Waals surface area (Å²) < 4.78 is 1.31. The maximum Gasteiger partial charge on any atom is 0.322 e. The minimum absolute atomic E-state index is 0.0208. The number of amides is 1. The van der Waals surface area contributed by atoms with E-state index in [1.165, 1.54) is 15.9 Å². The van der Waals surface area contributed by atoms with Gasteiger partial charge >= 0.3 is 5.97 Å². The number of hydrogen-bond acceptors (Lipinski definition) is 6. The Kier molecular flexibility index (Phi) is 6.26. The molecule has 0 fully saturated rings. The lowest BCUT2D eigenvalue weighted by atomic mass is 9.87. The molecule has 1 aromatic carbocycles. The molecule has 0 bridgehead atoms. The van der Waals surface area contributed by atoms with Crippen LogP contribution in [0.4, 0.5) is 0 Å². The van der Waals surface area contributed by atoms with E-state index < -0.39 is 35.4 Å². The van der Waals surface area contributed by atoms with Crippen LogP contribution in [0, 0.1) is 0 Å². The molecule has 31 heavy (non-hydrogen) atoms. The monoisotopic (exact) mass is 441 g/mol. The first-order valence-corrected chi connectivity index (χ1v) is 10.4. The van der Waals surface area contributed by atoms with Crippen molar-refractivity contribution in [3.05, 3.63) is 68.8 Å². The number of aliphatic carboxylic acids is 1. The molecule has 162 valence electrons. The number of aromatic nitrogens is 2. The van der Waals surface area contributed by atoms with Crippen LogP contribution in [0.15, 0.2) is 46.6 Å². The van der Waals surface area contributed by atoms with Gasteiger partial charge < -0.3 is 15.5 Å². The van der Waals surface area contributed by atoms with E-state index in [1.54, 1.807) is 12.1 Å². The third-order valence-corrected chi connectivity index (χ3v) is 5.55. The Balaban J connectivity index is 2.08. The molecule has 1 amide bonds. The van der Waals surface area contributed by atoms with E-state index in [9.17, 15) is 19.5 Å². The fourth-order valence-electron chi connectivity index (χ4n) is 3.02. The van der Waals surface area contributed by atoms with Crippen LogP contribution < -0.4 is 10.9 Å². The normalized spacial score (nSPS) is 11.3. The van der Waals surface area contributed by atoms with Gasteiger partial charge in [0, 0.05) is 0 Å². The van der Waals surface area contributed by atoms with Crippen LogP contribution in [0.1, 0.15) is 42.3 Å². The molecule has 8 nitrogen and oxygen atoms in total. The third kappa shape index (κ3) is 5.00. The average molecular weight is 442 g/mol. The largest absolute Gasteiger partial charge is 0.493 e. The Bertz CT molecular complexity index is 1160. The van der Waals surface area contributed by atoms with Crippen molar-refractivity contribution in [2.75, 3.05) is 6.54 Å². The van der Waals surface area contributed by atoms with Gasteiger partial charge in [-0.1, -0.05) is 51.1 Å². The first kappa shape index (κ1) is 22.2. The van der Waals surface area contributed by atoms with Gasteiger partial charge in [-0.2, -0.15) is 4.98 Å². The van der Waals surface area contributed by atoms with E-state index in [2.05, 4.69) is 31.1 Å². The maximum atomic E-state index is 13.2. The van der Waals surface area contributed by atoms with E-state index in [1.807, 2.05) is 29.6 Å². The molecule has 0 unspecified atom stereocenters. The van der Waals surface area contributed by atoms with E-state index in [4.69, 9.17) is 5.11 Å². The lowest BCUT2D eigenvalue weighted by molar-refractivity contribution is -0.135. The highest BCUT2D eigenvalue weighted by Gasteiger charge is 2.24. The second-order valence-electron chi connectivity index (χ2n) is 8.03. The molecule has 0 aliphatic rings. The van der Waals surface area contributed by atoms with Crippen molar-refractivity contribution in [3.8, 4) is 16.6 Å². The number of carboxylic acids is 1. The molecule has 2 aromatic heterocycles. The summed E-state index contributed by atoms with van der Waals surface area (Å²) >= 11 is 1.34. The van der Waals surface area contributed by atoms with E-state index in [-0.39, 0.29) is 17.8 Å². The number of carbonyl (C=O) groups is 2. The highest BCUT2D eigenvalue weighted by Crippen LogP contribution is 2.26. The first-order chi connectivity index (χ1) is 14.6. The lowest BCUT2D eigenvalue weighted by Gasteiger charge is -2.19. The predicted molar refractivity (Wildman–Crippen MR) is 118 cm³/mol. The molecule has 9 heteroatoms. The number of nitrogens with one attached hydrogen (secondary N) is 1. The predicted octanol–water partition coefficient (Wildman–Crippen LogP) is 2.84. The van der Waals surface area contributed by atoms with Crippen LogP contribution in [-0.2, 0) is 16.8 Å². The Morgan fingerprint density at radius 3 is 2.39 bits per heavy atom. The highest BCUT2D eigenvalue weighted by atomic mass is 32.1. The van der Waals surface area contributed by atoms with Crippen LogP contribution in [0.25, 0.3) is 10.7 Å². The standard InChI is InChI=1S/C22H23N3O5S/c1-22(2,3)14-8-6-13(7-9-14)12-25-18(15-5-4-10-31-15)24-20(29)17(21(25)30)19(28)23-11-16(26)27/h4-10,29H,11-12H2,1-3H3,(H,23,28)(H,26,27). The first-order valence-electron chi connectivity index (χ1n) is 9.55. The lowest BCUT2D eigenvalue weighted by Crippen LogP contribution is -2.36. The minimum atomic E-state index is -1.27. The van der Waals surface area contributed by atoms with E-state index in [0.29, 0.717) is 4.88 Å². The van der Waals surface area contributed by atoms with Crippen molar-refractivity contribution in [1.82, 2.24) is 14.9 Å². The molecule has 0 saturated carbocycles. The summed E-state index contributed by atoms with van der Waals surface area (Å²) in [4.78, 5) is 41.0. The molecule has 2 heterocycles. The van der Waals surface area contributed by atoms with Crippen molar-refractivity contribution >= 4 is 23.2 Å². The summed E-state index contributed by atoms with van der Waals surface area (Å²) in [5, 5.41) is 23.0. The topological polar surface area (TPSA) is 122 Å². The number of benzene rings is 1. The number of aromatic hydroxyl groups is 1. The van der Waals surface area contributed by atoms with Gasteiger partial charge in [0.2, 0.25) is 5.88 Å². The Morgan fingerprint density at radius 1 is 1.16 bits per heavy atom. The van der Waals surface area contributed by atoms with Gasteiger partial charge in [-0.25, -0.2) is 0 Å². The molecule has 3 aromatic rings. The average Bonchev–Trinajstić information content (AvgIpc) is 3.22. The fourth-order valence-corrected chi connectivity index (χ4v) is 3.74. The smallest absolute Gasteiger partial charge is 0.322 e. The summed E-state index contributed by atoms with van der Waals surface area (Å²) in [7, 11) is 0. The van der Waals surface area contributed by atoms with Crippen LogP contribution in [0.3, 0.4) is 0 Å². The number of rotatable bonds is 6. The van der Waals surface area contributed by atoms with Crippen molar-refractivity contribution in [2.45, 2.75) is 32.7 Å². The molecule has 0 aliphatic carbocycles. The van der Waals surface area contributed by atoms with Crippen molar-refractivity contribution in [3.63, 3.8) is 0 Å². The number of thiophene rings is 1. The summed E-state index contributed by atoms with van der Waals surface area (Å²) in [6, 6.07) is 11.3. The number of carboxylic acid groups (broad SMARTS) is 1. The quantitative estimate of drug-likeness (QED) is 0.541. The van der Waals surface area contributed by atoms with Gasteiger partial charge in [-0.05, 0) is 28.0 Å². The second-order valence-corrected chi connectivity index (χ2v) is 8.97. The molecule has 0 atom stereocenters. The van der Waals surface area contributed by atoms with E-state index in [0.717, 1.165) is 11.1 Å². The van der Waals surface area contributed by atoms with Gasteiger partial charge in [-0.3, -0.25) is 19.0 Å². The Hall–Kier alpha value is -3.46. The highest BCUT2D eigenvalue weighted by molar-refractivity contribution is 7.13. The molecule has 0 saturated heterocycles. The molecular weight excluding hydrogens is 418 g/mol. The van der Waals surface area contributed by atoms with Crippen LogP contribution in [0.2, 0.25) is 0 Å². The number of nitrogens with zero attached hydrogens (tertiary/aromatic N) is 2. The summed E-state index contributed by atoms with van der Waals surface area (Å²) in [6.07, 6.45) is 0. The van der Waals surface area contributed by atoms with Gasteiger partial charge in [-0.15, -0.1) is 11.3 Å². The van der Waals surface area contributed by atoms with Crippen molar-refractivity contribution in [2.24, 2.45) is 0 Å². The second kappa shape index (κ2) is 8.73. The Labute approximate surface area is 182 Å². The zero-order chi connectivity index (χ0) is 22.8. The van der Waals surface area contributed by atoms with Gasteiger partial charge in [0.05, 0.1) is 11.4 Å². The summed E-state index contributed by atoms with van der Waals surface area (Å²) in [5.41, 5.74) is 0.593. The van der Waals surface area contributed by atoms with Crippen molar-refractivity contribution < 1.29 is 19.8 Å². The van der Waals surface area contributed by atoms with E-state index >= 15 is 0 Å². The molecule has 0 radical (unpaired) electrons. The molecule has 0 aliphatic heterocycles. The molecular formula is C22H23N3O5S. The van der Waals surface area contributed by atoms with Gasteiger partial charge in [0.25, 0.3) is 11.5 Å². The number of hydrogen-bond donors (Lipinski definition) is 3. The van der Waals surface area contributed by atoms with Crippen LogP contribution in [-0.4, -0.2) is 38.2 Å². The zero-order valence-electron chi connectivity index (χ0n) is 17.4. The number of carbonyl (C=O) groups excluding carboxylic acids is 1.